The molecule has 1 N–H and O–H groups in total. The number of halogens is 1. The van der Waals surface area contributed by atoms with Crippen molar-refractivity contribution in [3.63, 3.8) is 0 Å². The Labute approximate surface area is 147 Å². The number of rotatable bonds is 8. The fourth-order valence-electron chi connectivity index (χ4n) is 1.74. The van der Waals surface area contributed by atoms with E-state index in [0.717, 1.165) is 15.1 Å². The molecule has 2 aromatic rings. The van der Waals surface area contributed by atoms with Crippen molar-refractivity contribution in [2.75, 3.05) is 32.2 Å². The lowest BCUT2D eigenvalue weighted by molar-refractivity contribution is 0.144. The molecule has 0 aliphatic heterocycles. The molecule has 0 fully saturated rings. The Morgan fingerprint density at radius 3 is 2.52 bits per heavy atom. The van der Waals surface area contributed by atoms with Crippen molar-refractivity contribution in [2.45, 2.75) is 4.21 Å². The molecular formula is C14H16BrNO5S2. The lowest BCUT2D eigenvalue weighted by Crippen LogP contribution is -2.12. The quantitative estimate of drug-likeness (QED) is 0.661. The normalized spacial score (nSPS) is 11.3. The van der Waals surface area contributed by atoms with Gasteiger partial charge in [-0.15, -0.1) is 11.3 Å². The number of anilines is 1. The number of benzene rings is 1. The molecule has 9 heteroatoms. The second-order valence-electron chi connectivity index (χ2n) is 4.37. The van der Waals surface area contributed by atoms with Crippen LogP contribution in [0.1, 0.15) is 0 Å². The minimum Gasteiger partial charge on any atom is -0.493 e. The summed E-state index contributed by atoms with van der Waals surface area (Å²) in [5.74, 6) is 0.958. The average molecular weight is 422 g/mol. The third-order valence-electron chi connectivity index (χ3n) is 2.77. The Morgan fingerprint density at radius 2 is 1.91 bits per heavy atom. The third kappa shape index (κ3) is 4.84. The summed E-state index contributed by atoms with van der Waals surface area (Å²) in [5, 5.41) is 0. The van der Waals surface area contributed by atoms with Crippen molar-refractivity contribution in [3.05, 3.63) is 34.1 Å². The number of hydrogen-bond acceptors (Lipinski definition) is 6. The smallest absolute Gasteiger partial charge is 0.271 e. The summed E-state index contributed by atoms with van der Waals surface area (Å²) in [7, 11) is -0.543. The van der Waals surface area contributed by atoms with Gasteiger partial charge in [0, 0.05) is 13.2 Å². The first kappa shape index (κ1) is 18.1. The molecule has 126 valence electrons. The zero-order valence-corrected chi connectivity index (χ0v) is 15.8. The molecule has 0 spiro atoms. The fourth-order valence-corrected chi connectivity index (χ4v) is 4.79. The number of ether oxygens (including phenoxy) is 3. The maximum Gasteiger partial charge on any atom is 0.271 e. The van der Waals surface area contributed by atoms with Gasteiger partial charge in [-0.05, 0) is 40.2 Å². The molecule has 0 saturated heterocycles. The van der Waals surface area contributed by atoms with Crippen LogP contribution in [-0.4, -0.2) is 35.9 Å². The van der Waals surface area contributed by atoms with Crippen LogP contribution >= 0.6 is 27.3 Å². The number of thiophene rings is 1. The molecule has 6 nitrogen and oxygen atoms in total. The van der Waals surface area contributed by atoms with E-state index in [-0.39, 0.29) is 4.21 Å². The molecule has 2 rings (SSSR count). The summed E-state index contributed by atoms with van der Waals surface area (Å²) in [5.41, 5.74) is 0.391. The molecular weight excluding hydrogens is 406 g/mol. The highest BCUT2D eigenvalue weighted by atomic mass is 79.9. The molecule has 1 aromatic carbocycles. The van der Waals surface area contributed by atoms with Gasteiger partial charge in [-0.2, -0.15) is 0 Å². The van der Waals surface area contributed by atoms with E-state index in [1.165, 1.54) is 13.2 Å². The molecule has 0 aliphatic carbocycles. The third-order valence-corrected chi connectivity index (χ3v) is 6.27. The van der Waals surface area contributed by atoms with Gasteiger partial charge in [0.25, 0.3) is 10.0 Å². The van der Waals surface area contributed by atoms with Crippen LogP contribution in [0.3, 0.4) is 0 Å². The van der Waals surface area contributed by atoms with E-state index < -0.39 is 10.0 Å². The second kappa shape index (κ2) is 8.00. The van der Waals surface area contributed by atoms with Gasteiger partial charge in [-0.1, -0.05) is 0 Å². The molecule has 0 atom stereocenters. The highest BCUT2D eigenvalue weighted by Gasteiger charge is 2.17. The standard InChI is InChI=1S/C14H16BrNO5S2/c1-19-7-8-21-12-9-10(3-4-11(12)20-2)16-23(17,18)14-6-5-13(15)22-14/h3-6,9,16H,7-8H2,1-2H3. The Hall–Kier alpha value is -1.29. The van der Waals surface area contributed by atoms with Crippen LogP contribution in [-0.2, 0) is 14.8 Å². The molecule has 23 heavy (non-hydrogen) atoms. The average Bonchev–Trinajstić information content (AvgIpc) is 2.95. The Bertz CT molecular complexity index is 760. The van der Waals surface area contributed by atoms with Crippen molar-refractivity contribution in [1.82, 2.24) is 0 Å². The predicted molar refractivity (Wildman–Crippen MR) is 93.2 cm³/mol. The number of hydrogen-bond donors (Lipinski definition) is 1. The SMILES string of the molecule is COCCOc1cc(NS(=O)(=O)c2ccc(Br)s2)ccc1OC. The lowest BCUT2D eigenvalue weighted by Gasteiger charge is -2.13. The zero-order valence-electron chi connectivity index (χ0n) is 12.5. The summed E-state index contributed by atoms with van der Waals surface area (Å²) in [6.45, 7) is 0.753. The van der Waals surface area contributed by atoms with Crippen LogP contribution in [0.25, 0.3) is 0 Å². The van der Waals surface area contributed by atoms with Gasteiger partial charge in [-0.3, -0.25) is 4.72 Å². The van der Waals surface area contributed by atoms with E-state index in [0.29, 0.717) is 30.4 Å². The maximum absolute atomic E-state index is 12.3. The van der Waals surface area contributed by atoms with Gasteiger partial charge < -0.3 is 14.2 Å². The highest BCUT2D eigenvalue weighted by molar-refractivity contribution is 9.11. The van der Waals surface area contributed by atoms with Crippen molar-refractivity contribution in [1.29, 1.82) is 0 Å². The van der Waals surface area contributed by atoms with Gasteiger partial charge in [0.15, 0.2) is 11.5 Å². The first-order chi connectivity index (χ1) is 11.0. The van der Waals surface area contributed by atoms with E-state index >= 15 is 0 Å². The van der Waals surface area contributed by atoms with Crippen LogP contribution in [0.2, 0.25) is 0 Å². The van der Waals surface area contributed by atoms with Crippen molar-refractivity contribution in [3.8, 4) is 11.5 Å². The van der Waals surface area contributed by atoms with Crippen molar-refractivity contribution in [2.24, 2.45) is 0 Å². The van der Waals surface area contributed by atoms with Crippen molar-refractivity contribution < 1.29 is 22.6 Å². The summed E-state index contributed by atoms with van der Waals surface area (Å²) < 4.78 is 43.8. The predicted octanol–water partition coefficient (Wildman–Crippen LogP) is 3.35. The second-order valence-corrected chi connectivity index (χ2v) is 8.74. The minimum absolute atomic E-state index is 0.224. The maximum atomic E-state index is 12.3. The first-order valence-corrected chi connectivity index (χ1v) is 9.63. The first-order valence-electron chi connectivity index (χ1n) is 6.54. The molecule has 1 heterocycles. The van der Waals surface area contributed by atoms with Crippen LogP contribution in [0.15, 0.2) is 38.3 Å². The summed E-state index contributed by atoms with van der Waals surface area (Å²) in [6.07, 6.45) is 0. The summed E-state index contributed by atoms with van der Waals surface area (Å²) >= 11 is 4.39. The van der Waals surface area contributed by atoms with E-state index in [9.17, 15) is 8.42 Å². The van der Waals surface area contributed by atoms with E-state index in [4.69, 9.17) is 14.2 Å². The van der Waals surface area contributed by atoms with Crippen LogP contribution in [0.5, 0.6) is 11.5 Å². The van der Waals surface area contributed by atoms with Gasteiger partial charge >= 0.3 is 0 Å². The van der Waals surface area contributed by atoms with Crippen molar-refractivity contribution >= 4 is 43.0 Å². The number of sulfonamides is 1. The molecule has 0 aliphatic rings. The summed E-state index contributed by atoms with van der Waals surface area (Å²) in [4.78, 5) is 0. The van der Waals surface area contributed by atoms with Gasteiger partial charge in [0.2, 0.25) is 0 Å². The Morgan fingerprint density at radius 1 is 1.13 bits per heavy atom. The molecule has 1 aromatic heterocycles. The van der Waals surface area contributed by atoms with Gasteiger partial charge in [-0.25, -0.2) is 8.42 Å². The Kier molecular flexibility index (Phi) is 6.28. The molecule has 0 radical (unpaired) electrons. The van der Waals surface area contributed by atoms with Gasteiger partial charge in [0.05, 0.1) is 23.2 Å². The monoisotopic (exact) mass is 421 g/mol. The highest BCUT2D eigenvalue weighted by Crippen LogP contribution is 2.32. The lowest BCUT2D eigenvalue weighted by atomic mass is 10.3. The topological polar surface area (TPSA) is 73.9 Å². The van der Waals surface area contributed by atoms with E-state index in [1.54, 1.807) is 31.4 Å². The van der Waals surface area contributed by atoms with Gasteiger partial charge in [0.1, 0.15) is 10.8 Å². The van der Waals surface area contributed by atoms with Crippen LogP contribution < -0.4 is 14.2 Å². The molecule has 0 amide bonds. The molecule has 0 bridgehead atoms. The summed E-state index contributed by atoms with van der Waals surface area (Å²) in [6, 6.07) is 8.06. The van der Waals surface area contributed by atoms with E-state index in [1.807, 2.05) is 0 Å². The largest absolute Gasteiger partial charge is 0.493 e. The number of methoxy groups -OCH3 is 2. The van der Waals surface area contributed by atoms with E-state index in [2.05, 4.69) is 20.7 Å². The molecule has 0 unspecified atom stereocenters. The Balaban J connectivity index is 2.21. The van der Waals surface area contributed by atoms with Crippen LogP contribution in [0.4, 0.5) is 5.69 Å². The fraction of sp³-hybridized carbons (Fsp3) is 0.286. The van der Waals surface area contributed by atoms with Crippen LogP contribution in [0, 0.1) is 0 Å². The number of nitrogens with one attached hydrogen (secondary N) is 1. The zero-order chi connectivity index (χ0) is 16.9. The minimum atomic E-state index is -3.64. The molecule has 0 saturated carbocycles.